The number of carboxylic acid groups (broad SMARTS) is 1. The highest BCUT2D eigenvalue weighted by atomic mass is 19.4. The molecule has 174 valence electrons. The summed E-state index contributed by atoms with van der Waals surface area (Å²) in [6.07, 6.45) is -4.46. The molecule has 0 spiro atoms. The molecule has 9 heteroatoms. The van der Waals surface area contributed by atoms with Crippen molar-refractivity contribution in [3.8, 4) is 5.75 Å². The molecule has 3 N–H and O–H groups in total. The number of ether oxygens (including phenoxy) is 1. The van der Waals surface area contributed by atoms with Crippen LogP contribution in [0, 0.1) is 0 Å². The number of rotatable bonds is 7. The highest BCUT2D eigenvalue weighted by molar-refractivity contribution is 6.05. The van der Waals surface area contributed by atoms with Crippen LogP contribution in [0.3, 0.4) is 0 Å². The maximum absolute atomic E-state index is 12.9. The van der Waals surface area contributed by atoms with Crippen LogP contribution in [0.25, 0.3) is 10.8 Å². The number of carbonyl (C=O) groups excluding carboxylic acids is 1. The van der Waals surface area contributed by atoms with E-state index in [9.17, 15) is 33.0 Å². The lowest BCUT2D eigenvalue weighted by molar-refractivity contribution is -0.145. The highest BCUT2D eigenvalue weighted by Gasteiger charge is 2.35. The van der Waals surface area contributed by atoms with E-state index in [1.165, 1.54) is 32.0 Å². The smallest absolute Gasteiger partial charge is 0.416 e. The van der Waals surface area contributed by atoms with E-state index in [-0.39, 0.29) is 17.9 Å². The Morgan fingerprint density at radius 1 is 1.00 bits per heavy atom. The van der Waals surface area contributed by atoms with Crippen LogP contribution in [-0.4, -0.2) is 33.7 Å². The first-order valence-corrected chi connectivity index (χ1v) is 9.94. The number of hydrogen-bond acceptors (Lipinski definition) is 4. The number of alkyl halides is 3. The standard InChI is InChI=1S/C24H22F3NO5/c1-23(2,32)20(22(30)31)28-21(29)18-12-9-15-5-3-4-6-17(15)19(18)33-13-14-7-10-16(11-8-14)24(25,26)27/h3-12,20,32H,13H2,1-2H3,(H,28,29)(H,30,31)/t20-/m1/s1. The lowest BCUT2D eigenvalue weighted by atomic mass is 9.98. The molecule has 1 amide bonds. The van der Waals surface area contributed by atoms with Gasteiger partial charge in [0.15, 0.2) is 6.04 Å². The Morgan fingerprint density at radius 3 is 2.21 bits per heavy atom. The minimum atomic E-state index is -4.46. The van der Waals surface area contributed by atoms with Crippen LogP contribution in [0.5, 0.6) is 5.75 Å². The number of hydrogen-bond donors (Lipinski definition) is 3. The van der Waals surface area contributed by atoms with Crippen LogP contribution in [0.15, 0.2) is 60.7 Å². The van der Waals surface area contributed by atoms with Crippen molar-refractivity contribution in [2.75, 3.05) is 0 Å². The fraction of sp³-hybridized carbons (Fsp3) is 0.250. The molecule has 3 aromatic carbocycles. The summed E-state index contributed by atoms with van der Waals surface area (Å²) in [4.78, 5) is 24.5. The summed E-state index contributed by atoms with van der Waals surface area (Å²) >= 11 is 0. The molecule has 0 radical (unpaired) electrons. The van der Waals surface area contributed by atoms with Crippen molar-refractivity contribution in [3.63, 3.8) is 0 Å². The number of nitrogens with one attached hydrogen (secondary N) is 1. The predicted octanol–water partition coefficient (Wildman–Crippen LogP) is 4.39. The molecule has 0 aliphatic heterocycles. The van der Waals surface area contributed by atoms with Gasteiger partial charge in [0.25, 0.3) is 5.91 Å². The molecule has 33 heavy (non-hydrogen) atoms. The summed E-state index contributed by atoms with van der Waals surface area (Å²) < 4.78 is 44.2. The summed E-state index contributed by atoms with van der Waals surface area (Å²) in [6, 6.07) is 13.0. The Morgan fingerprint density at radius 2 is 1.64 bits per heavy atom. The Labute approximate surface area is 187 Å². The molecule has 3 rings (SSSR count). The van der Waals surface area contributed by atoms with Gasteiger partial charge < -0.3 is 20.3 Å². The van der Waals surface area contributed by atoms with Crippen molar-refractivity contribution >= 4 is 22.6 Å². The zero-order valence-electron chi connectivity index (χ0n) is 17.8. The largest absolute Gasteiger partial charge is 0.487 e. The number of amides is 1. The Hall–Kier alpha value is -3.59. The number of fused-ring (bicyclic) bond motifs is 1. The first kappa shape index (κ1) is 24.1. The van der Waals surface area contributed by atoms with E-state index in [1.54, 1.807) is 30.3 Å². The fourth-order valence-corrected chi connectivity index (χ4v) is 3.27. The Balaban J connectivity index is 1.94. The number of halogens is 3. The van der Waals surface area contributed by atoms with Gasteiger partial charge in [-0.3, -0.25) is 4.79 Å². The number of carboxylic acids is 1. The van der Waals surface area contributed by atoms with Gasteiger partial charge in [-0.1, -0.05) is 42.5 Å². The lowest BCUT2D eigenvalue weighted by Crippen LogP contribution is -2.54. The van der Waals surface area contributed by atoms with Crippen molar-refractivity contribution < 1.29 is 37.7 Å². The van der Waals surface area contributed by atoms with Crippen molar-refractivity contribution in [2.45, 2.75) is 38.3 Å². The van der Waals surface area contributed by atoms with Crippen LogP contribution < -0.4 is 10.1 Å². The van der Waals surface area contributed by atoms with E-state index >= 15 is 0 Å². The van der Waals surface area contributed by atoms with E-state index in [4.69, 9.17) is 4.74 Å². The van der Waals surface area contributed by atoms with E-state index in [0.717, 1.165) is 17.5 Å². The molecule has 1 atom stereocenters. The lowest BCUT2D eigenvalue weighted by Gasteiger charge is -2.27. The normalized spacial score (nSPS) is 12.9. The third-order valence-electron chi connectivity index (χ3n) is 5.02. The zero-order valence-corrected chi connectivity index (χ0v) is 17.8. The van der Waals surface area contributed by atoms with E-state index < -0.39 is 35.3 Å². The van der Waals surface area contributed by atoms with Gasteiger partial charge in [0, 0.05) is 5.39 Å². The van der Waals surface area contributed by atoms with Crippen LogP contribution in [0.2, 0.25) is 0 Å². The summed E-state index contributed by atoms with van der Waals surface area (Å²) in [6.45, 7) is 2.39. The molecule has 0 unspecified atom stereocenters. The van der Waals surface area contributed by atoms with E-state index in [0.29, 0.717) is 10.9 Å². The highest BCUT2D eigenvalue weighted by Crippen LogP contribution is 2.32. The number of aliphatic hydroxyl groups is 1. The second-order valence-corrected chi connectivity index (χ2v) is 8.05. The quantitative estimate of drug-likeness (QED) is 0.485. The van der Waals surface area contributed by atoms with Crippen molar-refractivity contribution in [3.05, 3.63) is 77.4 Å². The molecule has 3 aromatic rings. The molecule has 0 aliphatic carbocycles. The maximum atomic E-state index is 12.9. The molecule has 0 fully saturated rings. The van der Waals surface area contributed by atoms with Crippen molar-refractivity contribution in [1.82, 2.24) is 5.32 Å². The van der Waals surface area contributed by atoms with E-state index in [1.807, 2.05) is 0 Å². The van der Waals surface area contributed by atoms with Crippen molar-refractivity contribution in [1.29, 1.82) is 0 Å². The molecule has 0 saturated carbocycles. The van der Waals surface area contributed by atoms with Gasteiger partial charge >= 0.3 is 12.1 Å². The van der Waals surface area contributed by atoms with Crippen LogP contribution in [0.4, 0.5) is 13.2 Å². The summed E-state index contributed by atoms with van der Waals surface area (Å²) in [7, 11) is 0. The monoisotopic (exact) mass is 461 g/mol. The van der Waals surface area contributed by atoms with Gasteiger partial charge in [0.1, 0.15) is 12.4 Å². The molecule has 0 aliphatic rings. The Kier molecular flexibility index (Phi) is 6.64. The second-order valence-electron chi connectivity index (χ2n) is 8.05. The average molecular weight is 461 g/mol. The first-order valence-electron chi connectivity index (χ1n) is 9.94. The molecule has 0 bridgehead atoms. The maximum Gasteiger partial charge on any atom is 0.416 e. The minimum absolute atomic E-state index is 0.0242. The first-order chi connectivity index (χ1) is 15.4. The molecular formula is C24H22F3NO5. The molecule has 0 aromatic heterocycles. The third kappa shape index (κ3) is 5.61. The van der Waals surface area contributed by atoms with Gasteiger partial charge in [0.05, 0.1) is 16.7 Å². The van der Waals surface area contributed by atoms with Crippen LogP contribution in [0.1, 0.15) is 35.3 Å². The predicted molar refractivity (Wildman–Crippen MR) is 115 cm³/mol. The SMILES string of the molecule is CC(C)(O)[C@H](NC(=O)c1ccc2ccccc2c1OCc1ccc(C(F)(F)F)cc1)C(=O)O. The number of benzene rings is 3. The topological polar surface area (TPSA) is 95.9 Å². The number of aliphatic carboxylic acids is 1. The summed E-state index contributed by atoms with van der Waals surface area (Å²) in [5.41, 5.74) is -2.05. The third-order valence-corrected chi connectivity index (χ3v) is 5.02. The fourth-order valence-electron chi connectivity index (χ4n) is 3.27. The van der Waals surface area contributed by atoms with E-state index in [2.05, 4.69) is 5.32 Å². The van der Waals surface area contributed by atoms with Crippen LogP contribution >= 0.6 is 0 Å². The molecule has 0 heterocycles. The van der Waals surface area contributed by atoms with Gasteiger partial charge in [-0.15, -0.1) is 0 Å². The average Bonchev–Trinajstić information content (AvgIpc) is 2.74. The van der Waals surface area contributed by atoms with Gasteiger partial charge in [0.2, 0.25) is 0 Å². The second kappa shape index (κ2) is 9.11. The Bertz CT molecular complexity index is 1170. The van der Waals surface area contributed by atoms with Gasteiger partial charge in [-0.05, 0) is 43.0 Å². The molecule has 6 nitrogen and oxygen atoms in total. The number of carbonyl (C=O) groups is 2. The van der Waals surface area contributed by atoms with Crippen molar-refractivity contribution in [2.24, 2.45) is 0 Å². The summed E-state index contributed by atoms with van der Waals surface area (Å²) in [5, 5.41) is 23.1. The van der Waals surface area contributed by atoms with Gasteiger partial charge in [-0.2, -0.15) is 13.2 Å². The molecular weight excluding hydrogens is 439 g/mol. The minimum Gasteiger partial charge on any atom is -0.487 e. The zero-order chi connectivity index (χ0) is 24.4. The van der Waals surface area contributed by atoms with Crippen LogP contribution in [-0.2, 0) is 17.6 Å². The van der Waals surface area contributed by atoms with Gasteiger partial charge in [-0.25, -0.2) is 4.79 Å². The molecule has 0 saturated heterocycles. The summed E-state index contributed by atoms with van der Waals surface area (Å²) in [5.74, 6) is -2.05.